The number of benzene rings is 1. The Morgan fingerprint density at radius 2 is 2.04 bits per heavy atom. The summed E-state index contributed by atoms with van der Waals surface area (Å²) in [6.45, 7) is 1.66. The Kier molecular flexibility index (Phi) is 4.91. The third kappa shape index (κ3) is 4.11. The third-order valence-electron chi connectivity index (χ3n) is 3.61. The van der Waals surface area contributed by atoms with Crippen LogP contribution in [0.3, 0.4) is 0 Å². The van der Waals surface area contributed by atoms with Gasteiger partial charge < -0.3 is 4.52 Å². The summed E-state index contributed by atoms with van der Waals surface area (Å²) in [7, 11) is 0. The van der Waals surface area contributed by atoms with Crippen LogP contribution in [0.15, 0.2) is 39.6 Å². The van der Waals surface area contributed by atoms with Crippen molar-refractivity contribution in [3.8, 4) is 6.07 Å². The zero-order valence-electron chi connectivity index (χ0n) is 13.4. The van der Waals surface area contributed by atoms with E-state index in [-0.39, 0.29) is 23.7 Å². The summed E-state index contributed by atoms with van der Waals surface area (Å²) in [4.78, 5) is 16.4. The molecule has 126 valence electrons. The minimum Gasteiger partial charge on any atom is -0.337 e. The molecule has 1 aromatic carbocycles. The molecule has 0 fully saturated rings. The van der Waals surface area contributed by atoms with Gasteiger partial charge in [0, 0.05) is 17.0 Å². The van der Waals surface area contributed by atoms with Crippen molar-refractivity contribution in [2.24, 2.45) is 0 Å². The minimum absolute atomic E-state index is 0.0309. The molecule has 0 bridgehead atoms. The van der Waals surface area contributed by atoms with Gasteiger partial charge in [-0.2, -0.15) is 15.3 Å². The van der Waals surface area contributed by atoms with Gasteiger partial charge in [0.15, 0.2) is 11.5 Å². The molecule has 0 saturated carbocycles. The monoisotopic (exact) mass is 355 g/mol. The van der Waals surface area contributed by atoms with Gasteiger partial charge >= 0.3 is 0 Å². The minimum atomic E-state index is -0.292. The van der Waals surface area contributed by atoms with E-state index < -0.39 is 0 Å². The predicted octanol–water partition coefficient (Wildman–Crippen LogP) is 2.29. The maximum absolute atomic E-state index is 12.1. The average molecular weight is 356 g/mol. The van der Waals surface area contributed by atoms with Crippen LogP contribution in [0.4, 0.5) is 0 Å². The molecule has 25 heavy (non-hydrogen) atoms. The molecule has 2 aromatic heterocycles. The number of halogens is 1. The molecule has 7 nitrogen and oxygen atoms in total. The average Bonchev–Trinajstić information content (AvgIpc) is 3.05. The molecule has 8 heteroatoms. The maximum Gasteiger partial charge on any atom is 0.270 e. The third-order valence-corrected chi connectivity index (χ3v) is 3.87. The Morgan fingerprint density at radius 3 is 2.76 bits per heavy atom. The molecule has 0 aliphatic rings. The molecule has 3 rings (SSSR count). The van der Waals surface area contributed by atoms with Crippen molar-refractivity contribution < 1.29 is 4.52 Å². The molecular formula is C17H14ClN5O2. The van der Waals surface area contributed by atoms with Gasteiger partial charge in [-0.3, -0.25) is 4.79 Å². The summed E-state index contributed by atoms with van der Waals surface area (Å²) in [6, 6.07) is 10.9. The van der Waals surface area contributed by atoms with E-state index in [1.165, 1.54) is 6.07 Å². The Bertz CT molecular complexity index is 986. The topological polar surface area (TPSA) is 97.6 Å². The van der Waals surface area contributed by atoms with Gasteiger partial charge in [0.25, 0.3) is 5.56 Å². The van der Waals surface area contributed by atoms with Crippen LogP contribution in [0.1, 0.15) is 28.5 Å². The zero-order chi connectivity index (χ0) is 17.8. The molecule has 0 aliphatic carbocycles. The lowest BCUT2D eigenvalue weighted by Crippen LogP contribution is -2.26. The van der Waals surface area contributed by atoms with Crippen LogP contribution in [-0.4, -0.2) is 19.9 Å². The SMILES string of the molecule is Cc1cc(C#N)nn(Cc2nc(CCc3ccc(Cl)cc3)no2)c1=O. The van der Waals surface area contributed by atoms with E-state index >= 15 is 0 Å². The van der Waals surface area contributed by atoms with Crippen LogP contribution < -0.4 is 5.56 Å². The Labute approximate surface area is 148 Å². The van der Waals surface area contributed by atoms with Crippen molar-refractivity contribution in [2.75, 3.05) is 0 Å². The van der Waals surface area contributed by atoms with Gasteiger partial charge in [-0.15, -0.1) is 0 Å². The second-order valence-corrected chi connectivity index (χ2v) is 5.95. The van der Waals surface area contributed by atoms with Crippen molar-refractivity contribution >= 4 is 11.6 Å². The van der Waals surface area contributed by atoms with E-state index in [4.69, 9.17) is 21.4 Å². The lowest BCUT2D eigenvalue weighted by atomic mass is 10.1. The van der Waals surface area contributed by atoms with E-state index in [1.54, 1.807) is 6.92 Å². The first-order valence-corrected chi connectivity index (χ1v) is 7.98. The highest BCUT2D eigenvalue weighted by Gasteiger charge is 2.11. The Balaban J connectivity index is 1.70. The van der Waals surface area contributed by atoms with E-state index in [9.17, 15) is 4.79 Å². The molecule has 0 N–H and O–H groups in total. The highest BCUT2D eigenvalue weighted by atomic mass is 35.5. The second-order valence-electron chi connectivity index (χ2n) is 5.52. The zero-order valence-corrected chi connectivity index (χ0v) is 14.2. The van der Waals surface area contributed by atoms with Crippen LogP contribution >= 0.6 is 11.6 Å². The summed E-state index contributed by atoms with van der Waals surface area (Å²) in [5, 5.41) is 17.5. The molecule has 0 unspecified atom stereocenters. The van der Waals surface area contributed by atoms with Crippen LogP contribution in [-0.2, 0) is 19.4 Å². The number of nitrogens with zero attached hydrogens (tertiary/aromatic N) is 5. The highest BCUT2D eigenvalue weighted by Crippen LogP contribution is 2.11. The lowest BCUT2D eigenvalue weighted by Gasteiger charge is -2.02. The summed E-state index contributed by atoms with van der Waals surface area (Å²) in [5.74, 6) is 0.821. The number of hydrogen-bond acceptors (Lipinski definition) is 6. The number of hydrogen-bond donors (Lipinski definition) is 0. The number of rotatable bonds is 5. The van der Waals surface area contributed by atoms with Crippen molar-refractivity contribution in [3.05, 3.63) is 74.2 Å². The molecule has 0 radical (unpaired) electrons. The standard InChI is InChI=1S/C17H14ClN5O2/c1-11-8-14(9-19)21-23(17(11)24)10-16-20-15(22-25-16)7-4-12-2-5-13(18)6-3-12/h2-3,5-6,8H,4,7,10H2,1H3. The highest BCUT2D eigenvalue weighted by molar-refractivity contribution is 6.30. The molecule has 0 aliphatic heterocycles. The molecule has 2 heterocycles. The summed E-state index contributed by atoms with van der Waals surface area (Å²) in [5.41, 5.74) is 1.43. The second kappa shape index (κ2) is 7.28. The first kappa shape index (κ1) is 16.9. The molecule has 0 atom stereocenters. The van der Waals surface area contributed by atoms with Gasteiger partial charge in [0.05, 0.1) is 0 Å². The van der Waals surface area contributed by atoms with E-state index in [0.717, 1.165) is 16.7 Å². The van der Waals surface area contributed by atoms with Gasteiger partial charge in [-0.25, -0.2) is 4.68 Å². The molecule has 0 saturated heterocycles. The molecule has 3 aromatic rings. The van der Waals surface area contributed by atoms with Crippen molar-refractivity contribution in [1.29, 1.82) is 5.26 Å². The fourth-order valence-electron chi connectivity index (χ4n) is 2.33. The quantitative estimate of drug-likeness (QED) is 0.696. The fraction of sp³-hybridized carbons (Fsp3) is 0.235. The molecule has 0 amide bonds. The van der Waals surface area contributed by atoms with Crippen LogP contribution in [0.25, 0.3) is 0 Å². The van der Waals surface area contributed by atoms with Gasteiger partial charge in [-0.1, -0.05) is 28.9 Å². The first-order valence-electron chi connectivity index (χ1n) is 7.60. The molecule has 0 spiro atoms. The van der Waals surface area contributed by atoms with E-state index in [0.29, 0.717) is 22.8 Å². The van der Waals surface area contributed by atoms with E-state index in [1.807, 2.05) is 30.3 Å². The maximum atomic E-state index is 12.1. The van der Waals surface area contributed by atoms with Crippen LogP contribution in [0.5, 0.6) is 0 Å². The Morgan fingerprint density at radius 1 is 1.28 bits per heavy atom. The van der Waals surface area contributed by atoms with Crippen molar-refractivity contribution in [3.63, 3.8) is 0 Å². The number of nitriles is 1. The molecular weight excluding hydrogens is 342 g/mol. The van der Waals surface area contributed by atoms with Crippen LogP contribution in [0.2, 0.25) is 5.02 Å². The summed E-state index contributed by atoms with van der Waals surface area (Å²) in [6.07, 6.45) is 1.35. The smallest absolute Gasteiger partial charge is 0.270 e. The first-order chi connectivity index (χ1) is 12.0. The number of aryl methyl sites for hydroxylation is 3. The summed E-state index contributed by atoms with van der Waals surface area (Å²) < 4.78 is 6.34. The Hall–Kier alpha value is -2.98. The van der Waals surface area contributed by atoms with Crippen molar-refractivity contribution in [2.45, 2.75) is 26.3 Å². The number of aromatic nitrogens is 4. The predicted molar refractivity (Wildman–Crippen MR) is 90.2 cm³/mol. The van der Waals surface area contributed by atoms with Crippen LogP contribution in [0, 0.1) is 18.3 Å². The fourth-order valence-corrected chi connectivity index (χ4v) is 2.45. The normalized spacial score (nSPS) is 10.6. The van der Waals surface area contributed by atoms with Crippen molar-refractivity contribution in [1.82, 2.24) is 19.9 Å². The van der Waals surface area contributed by atoms with Gasteiger partial charge in [-0.05, 0) is 37.1 Å². The lowest BCUT2D eigenvalue weighted by molar-refractivity contribution is 0.358. The summed E-state index contributed by atoms with van der Waals surface area (Å²) >= 11 is 5.86. The largest absolute Gasteiger partial charge is 0.337 e. The van der Waals surface area contributed by atoms with Gasteiger partial charge in [0.1, 0.15) is 12.6 Å². The van der Waals surface area contributed by atoms with Gasteiger partial charge in [0.2, 0.25) is 5.89 Å². The van der Waals surface area contributed by atoms with E-state index in [2.05, 4.69) is 15.2 Å².